The van der Waals surface area contributed by atoms with Gasteiger partial charge in [0.05, 0.1) is 19.4 Å². The molecule has 0 fully saturated rings. The van der Waals surface area contributed by atoms with E-state index in [0.717, 1.165) is 0 Å². The summed E-state index contributed by atoms with van der Waals surface area (Å²) in [5.41, 5.74) is 1.35. The summed E-state index contributed by atoms with van der Waals surface area (Å²) in [4.78, 5) is 24.3. The van der Waals surface area contributed by atoms with Crippen LogP contribution in [0.1, 0.15) is 20.7 Å². The molecule has 2 aromatic rings. The Bertz CT molecular complexity index is 747. The number of hydrogen-bond acceptors (Lipinski definition) is 4. The van der Waals surface area contributed by atoms with Crippen molar-refractivity contribution in [3.63, 3.8) is 0 Å². The number of carbonyl (C=O) groups is 2. The van der Waals surface area contributed by atoms with Crippen molar-refractivity contribution in [1.82, 2.24) is 5.32 Å². The average molecular weight is 363 g/mol. The molecular weight excluding hydrogens is 344 g/mol. The molecule has 0 aromatic heterocycles. The van der Waals surface area contributed by atoms with Gasteiger partial charge in [-0.25, -0.2) is 0 Å². The number of methoxy groups -OCH3 is 2. The molecule has 0 saturated heterocycles. The maximum Gasteiger partial charge on any atom is 0.255 e. The molecule has 6 nitrogen and oxygen atoms in total. The fourth-order valence-corrected chi connectivity index (χ4v) is 2.29. The molecule has 2 amide bonds. The van der Waals surface area contributed by atoms with Gasteiger partial charge in [-0.1, -0.05) is 11.6 Å². The number of amides is 2. The van der Waals surface area contributed by atoms with E-state index in [1.807, 2.05) is 0 Å². The van der Waals surface area contributed by atoms with E-state index < -0.39 is 0 Å². The molecule has 0 bridgehead atoms. The maximum absolute atomic E-state index is 12.4. The number of nitrogens with one attached hydrogen (secondary N) is 2. The maximum atomic E-state index is 12.4. The number of halogens is 1. The third-order valence-corrected chi connectivity index (χ3v) is 3.65. The minimum absolute atomic E-state index is 0.222. The zero-order valence-electron chi connectivity index (χ0n) is 14.0. The summed E-state index contributed by atoms with van der Waals surface area (Å²) in [6, 6.07) is 11.3. The molecule has 2 aromatic carbocycles. The van der Waals surface area contributed by atoms with E-state index in [1.54, 1.807) is 49.6 Å². The molecule has 0 spiro atoms. The molecule has 0 aliphatic carbocycles. The topological polar surface area (TPSA) is 76.7 Å². The standard InChI is InChI=1S/C18H19ClN2O4/c1-24-10-9-20-17(22)12-3-5-13(6-4-12)18(23)21-15-11-14(19)7-8-16(15)25-2/h3-8,11H,9-10H2,1-2H3,(H,20,22)(H,21,23). The fraction of sp³-hybridized carbons (Fsp3) is 0.222. The van der Waals surface area contributed by atoms with Crippen molar-refractivity contribution in [2.45, 2.75) is 0 Å². The first-order chi connectivity index (χ1) is 12.0. The molecule has 0 atom stereocenters. The van der Waals surface area contributed by atoms with E-state index in [2.05, 4.69) is 10.6 Å². The van der Waals surface area contributed by atoms with Crippen LogP contribution >= 0.6 is 11.6 Å². The van der Waals surface area contributed by atoms with Crippen LogP contribution in [0.5, 0.6) is 5.75 Å². The van der Waals surface area contributed by atoms with Gasteiger partial charge < -0.3 is 20.1 Å². The molecule has 25 heavy (non-hydrogen) atoms. The summed E-state index contributed by atoms with van der Waals surface area (Å²) in [6.07, 6.45) is 0. The molecule has 2 rings (SSSR count). The average Bonchev–Trinajstić information content (AvgIpc) is 2.62. The zero-order valence-corrected chi connectivity index (χ0v) is 14.7. The van der Waals surface area contributed by atoms with Gasteiger partial charge in [-0.05, 0) is 42.5 Å². The summed E-state index contributed by atoms with van der Waals surface area (Å²) >= 11 is 5.95. The lowest BCUT2D eigenvalue weighted by atomic mass is 10.1. The zero-order chi connectivity index (χ0) is 18.2. The van der Waals surface area contributed by atoms with Crippen LogP contribution in [0.25, 0.3) is 0 Å². The summed E-state index contributed by atoms with van der Waals surface area (Å²) in [5.74, 6) is -0.0423. The minimum Gasteiger partial charge on any atom is -0.495 e. The van der Waals surface area contributed by atoms with E-state index in [0.29, 0.717) is 40.7 Å². The normalized spacial score (nSPS) is 10.2. The molecule has 132 valence electrons. The Kier molecular flexibility index (Phi) is 6.80. The van der Waals surface area contributed by atoms with Crippen molar-refractivity contribution in [2.75, 3.05) is 32.7 Å². The van der Waals surface area contributed by atoms with Gasteiger partial charge in [0.1, 0.15) is 5.75 Å². The first kappa shape index (κ1) is 18.8. The first-order valence-electron chi connectivity index (χ1n) is 7.57. The van der Waals surface area contributed by atoms with Gasteiger partial charge in [0.15, 0.2) is 0 Å². The van der Waals surface area contributed by atoms with Crippen LogP contribution in [0.3, 0.4) is 0 Å². The van der Waals surface area contributed by atoms with Crippen LogP contribution in [-0.4, -0.2) is 39.2 Å². The van der Waals surface area contributed by atoms with Gasteiger partial charge in [0, 0.05) is 29.8 Å². The third kappa shape index (κ3) is 5.20. The van der Waals surface area contributed by atoms with Crippen molar-refractivity contribution < 1.29 is 19.1 Å². The quantitative estimate of drug-likeness (QED) is 0.742. The van der Waals surface area contributed by atoms with E-state index in [1.165, 1.54) is 7.11 Å². The molecule has 0 aliphatic heterocycles. The minimum atomic E-state index is -0.327. The number of carbonyl (C=O) groups excluding carboxylic acids is 2. The Morgan fingerprint density at radius 2 is 1.64 bits per heavy atom. The highest BCUT2D eigenvalue weighted by Crippen LogP contribution is 2.28. The lowest BCUT2D eigenvalue weighted by molar-refractivity contribution is 0.0935. The number of ether oxygens (including phenoxy) is 2. The summed E-state index contributed by atoms with van der Waals surface area (Å²) < 4.78 is 10.1. The number of rotatable bonds is 7. The van der Waals surface area contributed by atoms with Crippen molar-refractivity contribution in [1.29, 1.82) is 0 Å². The third-order valence-electron chi connectivity index (χ3n) is 3.41. The Hall–Kier alpha value is -2.57. The number of benzene rings is 2. The largest absolute Gasteiger partial charge is 0.495 e. The Balaban J connectivity index is 2.05. The van der Waals surface area contributed by atoms with Gasteiger partial charge in [0.25, 0.3) is 11.8 Å². The highest BCUT2D eigenvalue weighted by atomic mass is 35.5. The van der Waals surface area contributed by atoms with Crippen LogP contribution in [0.2, 0.25) is 5.02 Å². The number of anilines is 1. The van der Waals surface area contributed by atoms with E-state index in [4.69, 9.17) is 21.1 Å². The molecule has 0 radical (unpaired) electrons. The Morgan fingerprint density at radius 1 is 1.00 bits per heavy atom. The predicted molar refractivity (Wildman–Crippen MR) is 96.6 cm³/mol. The lowest BCUT2D eigenvalue weighted by Crippen LogP contribution is -2.27. The first-order valence-corrected chi connectivity index (χ1v) is 7.95. The van der Waals surface area contributed by atoms with Crippen LogP contribution < -0.4 is 15.4 Å². The Labute approximate surface area is 151 Å². The van der Waals surface area contributed by atoms with Crippen LogP contribution in [0, 0.1) is 0 Å². The van der Waals surface area contributed by atoms with Gasteiger partial charge in [0.2, 0.25) is 0 Å². The van der Waals surface area contributed by atoms with Crippen molar-refractivity contribution in [2.24, 2.45) is 0 Å². The lowest BCUT2D eigenvalue weighted by Gasteiger charge is -2.11. The second kappa shape index (κ2) is 9.05. The van der Waals surface area contributed by atoms with Gasteiger partial charge >= 0.3 is 0 Å². The van der Waals surface area contributed by atoms with Crippen molar-refractivity contribution in [3.05, 3.63) is 58.6 Å². The van der Waals surface area contributed by atoms with Crippen LogP contribution in [-0.2, 0) is 4.74 Å². The molecule has 2 N–H and O–H groups in total. The summed E-state index contributed by atoms with van der Waals surface area (Å²) in [6.45, 7) is 0.861. The Morgan fingerprint density at radius 3 is 2.24 bits per heavy atom. The van der Waals surface area contributed by atoms with Crippen molar-refractivity contribution >= 4 is 29.1 Å². The smallest absolute Gasteiger partial charge is 0.255 e. The number of hydrogen-bond donors (Lipinski definition) is 2. The monoisotopic (exact) mass is 362 g/mol. The molecule has 0 heterocycles. The van der Waals surface area contributed by atoms with E-state index in [9.17, 15) is 9.59 Å². The molecule has 7 heteroatoms. The second-order valence-corrected chi connectivity index (χ2v) is 5.56. The molecular formula is C18H19ClN2O4. The SMILES string of the molecule is COCCNC(=O)c1ccc(C(=O)Nc2cc(Cl)ccc2OC)cc1. The van der Waals surface area contributed by atoms with Gasteiger partial charge in [-0.2, -0.15) is 0 Å². The van der Waals surface area contributed by atoms with Crippen molar-refractivity contribution in [3.8, 4) is 5.75 Å². The van der Waals surface area contributed by atoms with E-state index in [-0.39, 0.29) is 11.8 Å². The highest BCUT2D eigenvalue weighted by Gasteiger charge is 2.12. The van der Waals surface area contributed by atoms with Gasteiger partial charge in [-0.3, -0.25) is 9.59 Å². The second-order valence-electron chi connectivity index (χ2n) is 5.12. The van der Waals surface area contributed by atoms with Crippen LogP contribution in [0.15, 0.2) is 42.5 Å². The predicted octanol–water partition coefficient (Wildman–Crippen LogP) is 2.98. The fourth-order valence-electron chi connectivity index (χ4n) is 2.11. The van der Waals surface area contributed by atoms with Gasteiger partial charge in [-0.15, -0.1) is 0 Å². The molecule has 0 aliphatic rings. The van der Waals surface area contributed by atoms with Crippen LogP contribution in [0.4, 0.5) is 5.69 Å². The summed E-state index contributed by atoms with van der Waals surface area (Å²) in [7, 11) is 3.07. The highest BCUT2D eigenvalue weighted by molar-refractivity contribution is 6.31. The molecule has 0 saturated carbocycles. The van der Waals surface area contributed by atoms with E-state index >= 15 is 0 Å². The summed E-state index contributed by atoms with van der Waals surface area (Å²) in [5, 5.41) is 5.94. The molecule has 0 unspecified atom stereocenters.